The van der Waals surface area contributed by atoms with Crippen LogP contribution >= 0.6 is 0 Å². The summed E-state index contributed by atoms with van der Waals surface area (Å²) in [5.41, 5.74) is 2.61. The monoisotopic (exact) mass is 383 g/mol. The second kappa shape index (κ2) is 8.29. The summed E-state index contributed by atoms with van der Waals surface area (Å²) >= 11 is 0. The Bertz CT molecular complexity index is 971. The highest BCUT2D eigenvalue weighted by atomic mass is 19.1. The molecule has 0 radical (unpaired) electrons. The van der Waals surface area contributed by atoms with Crippen LogP contribution in [0.5, 0.6) is 0 Å². The molecule has 0 spiro atoms. The number of aromatic amines is 1. The van der Waals surface area contributed by atoms with E-state index in [-0.39, 0.29) is 17.5 Å². The molecule has 4 rings (SSSR count). The van der Waals surface area contributed by atoms with Crippen molar-refractivity contribution in [3.8, 4) is 0 Å². The van der Waals surface area contributed by atoms with Gasteiger partial charge in [-0.3, -0.25) is 4.57 Å². The molecule has 5 nitrogen and oxygen atoms in total. The van der Waals surface area contributed by atoms with E-state index < -0.39 is 6.10 Å². The summed E-state index contributed by atoms with van der Waals surface area (Å²) < 4.78 is 14.9. The Morgan fingerprint density at radius 1 is 1.11 bits per heavy atom. The third-order valence-corrected chi connectivity index (χ3v) is 5.75. The number of likely N-dealkylation sites (tertiary alicyclic amines) is 1. The number of rotatable bonds is 6. The molecule has 6 heteroatoms. The summed E-state index contributed by atoms with van der Waals surface area (Å²) in [4.78, 5) is 17.7. The van der Waals surface area contributed by atoms with Crippen molar-refractivity contribution in [1.29, 1.82) is 0 Å². The average Bonchev–Trinajstić information content (AvgIpc) is 3.05. The normalized spacial score (nSPS) is 17.2. The minimum Gasteiger partial charge on any atom is -0.388 e. The second-order valence-electron chi connectivity index (χ2n) is 7.60. The van der Waals surface area contributed by atoms with Crippen LogP contribution in [0.1, 0.15) is 43.4 Å². The van der Waals surface area contributed by atoms with Crippen molar-refractivity contribution in [2.75, 3.05) is 19.6 Å². The van der Waals surface area contributed by atoms with Crippen molar-refractivity contribution in [1.82, 2.24) is 14.5 Å². The largest absolute Gasteiger partial charge is 0.388 e. The number of imidazole rings is 1. The van der Waals surface area contributed by atoms with Crippen LogP contribution in [0.25, 0.3) is 11.0 Å². The van der Waals surface area contributed by atoms with Crippen molar-refractivity contribution < 1.29 is 9.50 Å². The Hall–Kier alpha value is -2.44. The van der Waals surface area contributed by atoms with Gasteiger partial charge in [0.2, 0.25) is 0 Å². The maximum atomic E-state index is 13.0. The second-order valence-corrected chi connectivity index (χ2v) is 7.60. The third-order valence-electron chi connectivity index (χ3n) is 5.75. The van der Waals surface area contributed by atoms with E-state index in [1.165, 1.54) is 12.1 Å². The molecule has 0 aliphatic carbocycles. The number of fused-ring (bicyclic) bond motifs is 1. The van der Waals surface area contributed by atoms with Gasteiger partial charge in [0.15, 0.2) is 0 Å². The molecule has 3 aromatic rings. The van der Waals surface area contributed by atoms with Gasteiger partial charge in [-0.25, -0.2) is 9.18 Å². The number of aliphatic hydroxyl groups excluding tert-OH is 1. The Balaban J connectivity index is 1.28. The number of para-hydroxylation sites is 2. The lowest BCUT2D eigenvalue weighted by atomic mass is 10.0. The van der Waals surface area contributed by atoms with Gasteiger partial charge in [0, 0.05) is 19.1 Å². The zero-order valence-corrected chi connectivity index (χ0v) is 15.9. The van der Waals surface area contributed by atoms with E-state index in [9.17, 15) is 14.3 Å². The molecule has 1 aliphatic rings. The molecule has 1 fully saturated rings. The highest BCUT2D eigenvalue weighted by Crippen LogP contribution is 2.25. The van der Waals surface area contributed by atoms with E-state index in [2.05, 4.69) is 9.88 Å². The molecule has 1 aliphatic heterocycles. The quantitative estimate of drug-likeness (QED) is 0.683. The van der Waals surface area contributed by atoms with E-state index >= 15 is 0 Å². The van der Waals surface area contributed by atoms with Gasteiger partial charge in [-0.05, 0) is 62.1 Å². The van der Waals surface area contributed by atoms with Crippen LogP contribution in [-0.4, -0.2) is 39.2 Å². The van der Waals surface area contributed by atoms with Crippen LogP contribution in [0.15, 0.2) is 53.3 Å². The summed E-state index contributed by atoms with van der Waals surface area (Å²) in [6, 6.07) is 14.1. The van der Waals surface area contributed by atoms with Gasteiger partial charge in [-0.15, -0.1) is 0 Å². The molecule has 28 heavy (non-hydrogen) atoms. The molecule has 0 amide bonds. The molecule has 0 bridgehead atoms. The fraction of sp³-hybridized carbons (Fsp3) is 0.409. The van der Waals surface area contributed by atoms with Crippen molar-refractivity contribution >= 4 is 11.0 Å². The van der Waals surface area contributed by atoms with Crippen molar-refractivity contribution in [2.45, 2.75) is 37.8 Å². The maximum Gasteiger partial charge on any atom is 0.326 e. The first kappa shape index (κ1) is 18.9. The SMILES string of the molecule is O=c1[nH]c2ccccc2n1C1CCN(CCCC(O)c2ccc(F)cc2)CC1. The molecule has 1 unspecified atom stereocenters. The lowest BCUT2D eigenvalue weighted by Crippen LogP contribution is -2.37. The van der Waals surface area contributed by atoms with E-state index in [0.29, 0.717) is 6.42 Å². The lowest BCUT2D eigenvalue weighted by molar-refractivity contribution is 0.143. The first-order valence-corrected chi connectivity index (χ1v) is 9.97. The summed E-state index contributed by atoms with van der Waals surface area (Å²) in [7, 11) is 0. The number of nitrogens with one attached hydrogen (secondary N) is 1. The number of aliphatic hydroxyl groups is 1. The molecule has 148 valence electrons. The molecular weight excluding hydrogens is 357 g/mol. The minimum absolute atomic E-state index is 0.0259. The zero-order valence-electron chi connectivity index (χ0n) is 15.9. The summed E-state index contributed by atoms with van der Waals surface area (Å²) in [6.07, 6.45) is 2.89. The number of hydrogen-bond acceptors (Lipinski definition) is 3. The van der Waals surface area contributed by atoms with Crippen molar-refractivity contribution in [2.24, 2.45) is 0 Å². The van der Waals surface area contributed by atoms with Crippen LogP contribution in [0.2, 0.25) is 0 Å². The molecule has 1 aromatic heterocycles. The van der Waals surface area contributed by atoms with Gasteiger partial charge < -0.3 is 15.0 Å². The van der Waals surface area contributed by atoms with Gasteiger partial charge >= 0.3 is 5.69 Å². The number of H-pyrrole nitrogens is 1. The van der Waals surface area contributed by atoms with E-state index in [1.54, 1.807) is 12.1 Å². The molecule has 2 N–H and O–H groups in total. The number of piperidine rings is 1. The van der Waals surface area contributed by atoms with Crippen LogP contribution in [0.4, 0.5) is 4.39 Å². The van der Waals surface area contributed by atoms with E-state index in [0.717, 1.165) is 55.5 Å². The lowest BCUT2D eigenvalue weighted by Gasteiger charge is -2.32. The molecule has 0 saturated carbocycles. The van der Waals surface area contributed by atoms with E-state index in [4.69, 9.17) is 0 Å². The fourth-order valence-corrected chi connectivity index (χ4v) is 4.20. The van der Waals surface area contributed by atoms with Crippen molar-refractivity contribution in [3.05, 3.63) is 70.4 Å². The van der Waals surface area contributed by atoms with Crippen molar-refractivity contribution in [3.63, 3.8) is 0 Å². The smallest absolute Gasteiger partial charge is 0.326 e. The number of hydrogen-bond donors (Lipinski definition) is 2. The highest BCUT2D eigenvalue weighted by Gasteiger charge is 2.23. The molecule has 2 heterocycles. The Kier molecular flexibility index (Phi) is 5.59. The van der Waals surface area contributed by atoms with Crippen LogP contribution in [0, 0.1) is 5.82 Å². The summed E-state index contributed by atoms with van der Waals surface area (Å²) in [5.74, 6) is -0.284. The third kappa shape index (κ3) is 4.03. The average molecular weight is 383 g/mol. The summed E-state index contributed by atoms with van der Waals surface area (Å²) in [6.45, 7) is 2.82. The predicted molar refractivity (Wildman–Crippen MR) is 108 cm³/mol. The van der Waals surface area contributed by atoms with Gasteiger partial charge in [-0.1, -0.05) is 24.3 Å². The van der Waals surface area contributed by atoms with Crippen LogP contribution < -0.4 is 5.69 Å². The number of halogens is 1. The predicted octanol–water partition coefficient (Wildman–Crippen LogP) is 3.62. The first-order valence-electron chi connectivity index (χ1n) is 9.97. The Morgan fingerprint density at radius 3 is 2.57 bits per heavy atom. The number of benzene rings is 2. The standard InChI is InChI=1S/C22H26FN3O2/c23-17-9-7-16(8-10-17)21(27)6-3-13-25-14-11-18(12-15-25)26-20-5-2-1-4-19(20)24-22(26)28/h1-2,4-5,7-10,18,21,27H,3,6,11-15H2,(H,24,28). The Morgan fingerprint density at radius 2 is 1.82 bits per heavy atom. The number of nitrogens with zero attached hydrogens (tertiary/aromatic N) is 2. The van der Waals surface area contributed by atoms with Gasteiger partial charge in [-0.2, -0.15) is 0 Å². The topological polar surface area (TPSA) is 61.3 Å². The van der Waals surface area contributed by atoms with Gasteiger partial charge in [0.1, 0.15) is 5.82 Å². The number of aromatic nitrogens is 2. The van der Waals surface area contributed by atoms with Gasteiger partial charge in [0.05, 0.1) is 17.1 Å². The molecular formula is C22H26FN3O2. The molecule has 1 atom stereocenters. The van der Waals surface area contributed by atoms with Gasteiger partial charge in [0.25, 0.3) is 0 Å². The maximum absolute atomic E-state index is 13.0. The molecule has 2 aromatic carbocycles. The minimum atomic E-state index is -0.553. The zero-order chi connectivity index (χ0) is 19.5. The fourth-order valence-electron chi connectivity index (χ4n) is 4.20. The van der Waals surface area contributed by atoms with E-state index in [1.807, 2.05) is 28.8 Å². The van der Waals surface area contributed by atoms with Crippen LogP contribution in [-0.2, 0) is 0 Å². The highest BCUT2D eigenvalue weighted by molar-refractivity contribution is 5.75. The first-order chi connectivity index (χ1) is 13.6. The molecule has 1 saturated heterocycles. The van der Waals surface area contributed by atoms with Crippen LogP contribution in [0.3, 0.4) is 0 Å². The Labute approximate surface area is 163 Å². The summed E-state index contributed by atoms with van der Waals surface area (Å²) in [5, 5.41) is 10.3.